The maximum atomic E-state index is 12.6. The maximum Gasteiger partial charge on any atom is 0.494 e. The van der Waals surface area contributed by atoms with E-state index in [1.165, 1.54) is 12.8 Å². The van der Waals surface area contributed by atoms with Gasteiger partial charge in [-0.15, -0.1) is 0 Å². The molecule has 7 heteroatoms. The van der Waals surface area contributed by atoms with Crippen molar-refractivity contribution in [3.05, 3.63) is 41.7 Å². The molecule has 0 amide bonds. The molecule has 2 heterocycles. The van der Waals surface area contributed by atoms with Crippen LogP contribution in [-0.4, -0.2) is 40.7 Å². The highest BCUT2D eigenvalue weighted by atomic mass is 16.7. The molecule has 0 atom stereocenters. The molecule has 1 aliphatic carbocycles. The number of hydrogen-bond donors (Lipinski definition) is 0. The normalized spacial score (nSPS) is 20.6. The van der Waals surface area contributed by atoms with Gasteiger partial charge in [0.05, 0.1) is 35.4 Å². The first-order valence-electron chi connectivity index (χ1n) is 10.9. The summed E-state index contributed by atoms with van der Waals surface area (Å²) < 4.78 is 19.6. The van der Waals surface area contributed by atoms with Crippen LogP contribution in [0.25, 0.3) is 5.69 Å². The molecule has 0 radical (unpaired) electrons. The lowest BCUT2D eigenvalue weighted by molar-refractivity contribution is 0.00578. The van der Waals surface area contributed by atoms with Gasteiger partial charge in [0.15, 0.2) is 0 Å². The Morgan fingerprint density at radius 2 is 1.87 bits per heavy atom. The van der Waals surface area contributed by atoms with E-state index in [4.69, 9.17) is 14.0 Å². The lowest BCUT2D eigenvalue weighted by atomic mass is 9.79. The number of esters is 1. The summed E-state index contributed by atoms with van der Waals surface area (Å²) in [5.41, 5.74) is 2.58. The molecule has 0 bridgehead atoms. The Balaban J connectivity index is 1.71. The number of carbonyl (C=O) groups excluding carboxylic acids is 1. The summed E-state index contributed by atoms with van der Waals surface area (Å²) in [5, 5.41) is 4.59. The minimum absolute atomic E-state index is 0.298. The minimum Gasteiger partial charge on any atom is -0.462 e. The van der Waals surface area contributed by atoms with Gasteiger partial charge in [-0.2, -0.15) is 5.10 Å². The number of carbonyl (C=O) groups is 1. The van der Waals surface area contributed by atoms with E-state index < -0.39 is 18.3 Å². The average molecular weight is 410 g/mol. The van der Waals surface area contributed by atoms with Crippen LogP contribution in [0.15, 0.2) is 30.5 Å². The summed E-state index contributed by atoms with van der Waals surface area (Å²) in [6.45, 7) is 10.4. The zero-order chi connectivity index (χ0) is 21.5. The number of rotatable bonds is 5. The molecule has 1 saturated carbocycles. The topological polar surface area (TPSA) is 62.6 Å². The summed E-state index contributed by atoms with van der Waals surface area (Å²) in [6, 6.07) is 8.05. The highest BCUT2D eigenvalue weighted by Crippen LogP contribution is 2.38. The predicted molar refractivity (Wildman–Crippen MR) is 116 cm³/mol. The van der Waals surface area contributed by atoms with Gasteiger partial charge < -0.3 is 14.0 Å². The van der Waals surface area contributed by atoms with Crippen LogP contribution in [0.3, 0.4) is 0 Å². The first-order chi connectivity index (χ1) is 14.2. The molecule has 6 nitrogen and oxygen atoms in total. The Bertz CT molecular complexity index is 915. The minimum atomic E-state index is -0.440. The number of hydrogen-bond acceptors (Lipinski definition) is 5. The number of nitrogens with zero attached hydrogens (tertiary/aromatic N) is 2. The van der Waals surface area contributed by atoms with E-state index in [1.54, 1.807) is 6.20 Å². The van der Waals surface area contributed by atoms with Crippen molar-refractivity contribution in [1.29, 1.82) is 0 Å². The van der Waals surface area contributed by atoms with Crippen LogP contribution in [0.1, 0.15) is 82.3 Å². The molecule has 160 valence electrons. The van der Waals surface area contributed by atoms with Crippen LogP contribution in [0, 0.1) is 0 Å². The number of aromatic nitrogens is 2. The smallest absolute Gasteiger partial charge is 0.462 e. The number of ether oxygens (including phenoxy) is 1. The molecule has 0 unspecified atom stereocenters. The molecule has 30 heavy (non-hydrogen) atoms. The number of benzene rings is 1. The first kappa shape index (κ1) is 21.1. The third-order valence-corrected chi connectivity index (χ3v) is 6.68. The molecule has 1 aromatic carbocycles. The largest absolute Gasteiger partial charge is 0.494 e. The Morgan fingerprint density at radius 1 is 1.20 bits per heavy atom. The molecule has 2 aliphatic rings. The molecular formula is C23H31BN2O4. The Morgan fingerprint density at radius 3 is 2.50 bits per heavy atom. The Kier molecular flexibility index (Phi) is 5.53. The molecular weight excluding hydrogens is 379 g/mol. The van der Waals surface area contributed by atoms with E-state index in [2.05, 4.69) is 5.10 Å². The van der Waals surface area contributed by atoms with Gasteiger partial charge in [0, 0.05) is 5.92 Å². The van der Waals surface area contributed by atoms with Crippen molar-refractivity contribution in [3.63, 3.8) is 0 Å². The van der Waals surface area contributed by atoms with E-state index in [-0.39, 0.29) is 5.97 Å². The monoisotopic (exact) mass is 410 g/mol. The third kappa shape index (κ3) is 3.69. The summed E-state index contributed by atoms with van der Waals surface area (Å²) in [5.74, 6) is 0.0140. The van der Waals surface area contributed by atoms with Crippen molar-refractivity contribution in [3.8, 4) is 5.69 Å². The Hall–Kier alpha value is -2.12. The highest BCUT2D eigenvalue weighted by Gasteiger charge is 2.51. The molecule has 2 aromatic rings. The lowest BCUT2D eigenvalue weighted by Crippen LogP contribution is -2.41. The predicted octanol–water partition coefficient (Wildman–Crippen LogP) is 4.01. The summed E-state index contributed by atoms with van der Waals surface area (Å²) >= 11 is 0. The van der Waals surface area contributed by atoms with Gasteiger partial charge in [-0.1, -0.05) is 25.0 Å². The van der Waals surface area contributed by atoms with Crippen LogP contribution >= 0.6 is 0 Å². The van der Waals surface area contributed by atoms with Crippen molar-refractivity contribution in [2.45, 2.75) is 77.4 Å². The van der Waals surface area contributed by atoms with Gasteiger partial charge in [-0.3, -0.25) is 0 Å². The quantitative estimate of drug-likeness (QED) is 0.551. The fourth-order valence-corrected chi connectivity index (χ4v) is 4.30. The van der Waals surface area contributed by atoms with Crippen LogP contribution in [-0.2, 0) is 14.0 Å². The van der Waals surface area contributed by atoms with E-state index in [0.29, 0.717) is 18.1 Å². The second-order valence-corrected chi connectivity index (χ2v) is 9.24. The summed E-state index contributed by atoms with van der Waals surface area (Å²) in [6.07, 6.45) is 6.12. The fourth-order valence-electron chi connectivity index (χ4n) is 4.30. The van der Waals surface area contributed by atoms with Gasteiger partial charge in [-0.05, 0) is 65.1 Å². The fraction of sp³-hybridized carbons (Fsp3) is 0.565. The van der Waals surface area contributed by atoms with Crippen molar-refractivity contribution < 1.29 is 18.8 Å². The zero-order valence-corrected chi connectivity index (χ0v) is 18.6. The molecule has 0 spiro atoms. The molecule has 0 N–H and O–H groups in total. The van der Waals surface area contributed by atoms with Gasteiger partial charge in [0.2, 0.25) is 0 Å². The highest BCUT2D eigenvalue weighted by molar-refractivity contribution is 6.62. The second kappa shape index (κ2) is 7.86. The maximum absolute atomic E-state index is 12.6. The van der Waals surface area contributed by atoms with E-state index in [0.717, 1.165) is 29.7 Å². The SMILES string of the molecule is CCOC(=O)c1cnn(-c2cccc(B3OC(C)(C)C(C)(C)O3)c2)c1C1CCCC1. The molecule has 1 aromatic heterocycles. The van der Waals surface area contributed by atoms with Crippen molar-refractivity contribution in [1.82, 2.24) is 9.78 Å². The molecule has 1 aliphatic heterocycles. The first-order valence-corrected chi connectivity index (χ1v) is 10.9. The van der Waals surface area contributed by atoms with Crippen LogP contribution < -0.4 is 5.46 Å². The van der Waals surface area contributed by atoms with Crippen LogP contribution in [0.2, 0.25) is 0 Å². The standard InChI is InChI=1S/C23H31BN2O4/c1-6-28-21(27)19-15-25-26(20(19)16-10-7-8-11-16)18-13-9-12-17(14-18)24-29-22(2,3)23(4,5)30-24/h9,12-16H,6-8,10-11H2,1-5H3. The second-order valence-electron chi connectivity index (χ2n) is 9.24. The summed E-state index contributed by atoms with van der Waals surface area (Å²) in [4.78, 5) is 12.6. The Labute approximate surface area is 179 Å². The zero-order valence-electron chi connectivity index (χ0n) is 18.6. The van der Waals surface area contributed by atoms with Crippen LogP contribution in [0.5, 0.6) is 0 Å². The van der Waals surface area contributed by atoms with Crippen LogP contribution in [0.4, 0.5) is 0 Å². The van der Waals surface area contributed by atoms with Crippen molar-refractivity contribution in [2.24, 2.45) is 0 Å². The van der Waals surface area contributed by atoms with Gasteiger partial charge in [0.1, 0.15) is 5.56 Å². The van der Waals surface area contributed by atoms with E-state index in [9.17, 15) is 4.79 Å². The molecule has 2 fully saturated rings. The molecule has 4 rings (SSSR count). The van der Waals surface area contributed by atoms with Gasteiger partial charge >= 0.3 is 13.1 Å². The van der Waals surface area contributed by atoms with Crippen molar-refractivity contribution >= 4 is 18.6 Å². The van der Waals surface area contributed by atoms with E-state index >= 15 is 0 Å². The summed E-state index contributed by atoms with van der Waals surface area (Å²) in [7, 11) is -0.440. The van der Waals surface area contributed by atoms with Gasteiger partial charge in [-0.25, -0.2) is 9.48 Å². The van der Waals surface area contributed by atoms with E-state index in [1.807, 2.05) is 63.6 Å². The third-order valence-electron chi connectivity index (χ3n) is 6.68. The molecule has 1 saturated heterocycles. The average Bonchev–Trinajstić information content (AvgIpc) is 3.40. The lowest BCUT2D eigenvalue weighted by Gasteiger charge is -2.32. The van der Waals surface area contributed by atoms with Gasteiger partial charge in [0.25, 0.3) is 0 Å². The van der Waals surface area contributed by atoms with Crippen molar-refractivity contribution in [2.75, 3.05) is 6.61 Å².